The third kappa shape index (κ3) is 2.40. The van der Waals surface area contributed by atoms with Crippen LogP contribution in [0.25, 0.3) is 11.3 Å². The van der Waals surface area contributed by atoms with Crippen molar-refractivity contribution in [2.45, 2.75) is 0 Å². The lowest BCUT2D eigenvalue weighted by Gasteiger charge is -2.04. The van der Waals surface area contributed by atoms with E-state index in [1.807, 2.05) is 18.2 Å². The van der Waals surface area contributed by atoms with E-state index >= 15 is 0 Å². The number of hydrogen-bond acceptors (Lipinski definition) is 3. The molecule has 0 amide bonds. The van der Waals surface area contributed by atoms with E-state index < -0.39 is 5.82 Å². The Balaban J connectivity index is 2.52. The minimum absolute atomic E-state index is 0.289. The first-order chi connectivity index (χ1) is 8.22. The Morgan fingerprint density at radius 1 is 1.29 bits per heavy atom. The van der Waals surface area contributed by atoms with Crippen LogP contribution in [-0.4, -0.2) is 12.0 Å². The largest absolute Gasteiger partial charge is 0.373 e. The molecule has 17 heavy (non-hydrogen) atoms. The van der Waals surface area contributed by atoms with E-state index in [-0.39, 0.29) is 5.56 Å². The highest BCUT2D eigenvalue weighted by Gasteiger charge is 2.04. The van der Waals surface area contributed by atoms with Crippen molar-refractivity contribution < 1.29 is 4.39 Å². The van der Waals surface area contributed by atoms with E-state index in [1.165, 1.54) is 12.1 Å². The zero-order valence-corrected chi connectivity index (χ0v) is 9.24. The summed E-state index contributed by atoms with van der Waals surface area (Å²) in [6, 6.07) is 11.5. The first kappa shape index (κ1) is 11.1. The number of rotatable bonds is 2. The summed E-state index contributed by atoms with van der Waals surface area (Å²) in [6.07, 6.45) is 0. The first-order valence-electron chi connectivity index (χ1n) is 5.09. The molecule has 2 rings (SSSR count). The molecule has 0 saturated heterocycles. The Morgan fingerprint density at radius 3 is 2.82 bits per heavy atom. The Kier molecular flexibility index (Phi) is 3.01. The van der Waals surface area contributed by atoms with E-state index in [1.54, 1.807) is 19.2 Å². The minimum Gasteiger partial charge on any atom is -0.373 e. The summed E-state index contributed by atoms with van der Waals surface area (Å²) in [5, 5.41) is 11.7. The molecule has 1 aromatic carbocycles. The van der Waals surface area contributed by atoms with Crippen LogP contribution in [0.15, 0.2) is 36.4 Å². The molecule has 0 aliphatic rings. The normalized spacial score (nSPS) is 9.71. The first-order valence-corrected chi connectivity index (χ1v) is 5.09. The van der Waals surface area contributed by atoms with Gasteiger partial charge in [-0.05, 0) is 30.3 Å². The molecule has 0 unspecified atom stereocenters. The molecule has 84 valence electrons. The number of nitrogens with one attached hydrogen (secondary N) is 1. The molecule has 0 saturated carbocycles. The third-order valence-electron chi connectivity index (χ3n) is 2.33. The summed E-state index contributed by atoms with van der Waals surface area (Å²) in [5.74, 6) is 0.265. The maximum Gasteiger partial charge on any atom is 0.126 e. The van der Waals surface area contributed by atoms with Crippen LogP contribution in [0.1, 0.15) is 5.56 Å². The van der Waals surface area contributed by atoms with Gasteiger partial charge in [0.15, 0.2) is 0 Å². The number of halogens is 1. The number of pyridine rings is 1. The smallest absolute Gasteiger partial charge is 0.126 e. The van der Waals surface area contributed by atoms with E-state index in [4.69, 9.17) is 5.26 Å². The Hall–Kier alpha value is -2.41. The molecule has 3 nitrogen and oxygen atoms in total. The van der Waals surface area contributed by atoms with Crippen LogP contribution >= 0.6 is 0 Å². The van der Waals surface area contributed by atoms with Gasteiger partial charge in [-0.15, -0.1) is 0 Å². The Labute approximate surface area is 98.5 Å². The van der Waals surface area contributed by atoms with E-state index in [0.29, 0.717) is 17.1 Å². The van der Waals surface area contributed by atoms with Gasteiger partial charge in [0.05, 0.1) is 17.3 Å². The van der Waals surface area contributed by atoms with Gasteiger partial charge in [-0.2, -0.15) is 5.26 Å². The molecule has 0 aliphatic carbocycles. The molecule has 2 aromatic rings. The van der Waals surface area contributed by atoms with Gasteiger partial charge >= 0.3 is 0 Å². The molecule has 0 fully saturated rings. The zero-order chi connectivity index (χ0) is 12.3. The van der Waals surface area contributed by atoms with Gasteiger partial charge in [-0.25, -0.2) is 9.37 Å². The maximum absolute atomic E-state index is 13.3. The second-order valence-corrected chi connectivity index (χ2v) is 3.50. The van der Waals surface area contributed by atoms with Gasteiger partial charge < -0.3 is 5.32 Å². The molecule has 1 aromatic heterocycles. The topological polar surface area (TPSA) is 48.7 Å². The molecule has 4 heteroatoms. The monoisotopic (exact) mass is 227 g/mol. The molecule has 1 N–H and O–H groups in total. The highest BCUT2D eigenvalue weighted by atomic mass is 19.1. The second kappa shape index (κ2) is 4.62. The molecule has 0 atom stereocenters. The summed E-state index contributed by atoms with van der Waals surface area (Å²) in [5.41, 5.74) is 1.52. The predicted molar refractivity (Wildman–Crippen MR) is 63.9 cm³/mol. The van der Waals surface area contributed by atoms with Crippen LogP contribution in [0.3, 0.4) is 0 Å². The van der Waals surface area contributed by atoms with Gasteiger partial charge in [0, 0.05) is 12.6 Å². The summed E-state index contributed by atoms with van der Waals surface area (Å²) >= 11 is 0. The number of anilines is 1. The van der Waals surface area contributed by atoms with Crippen molar-refractivity contribution in [3.63, 3.8) is 0 Å². The van der Waals surface area contributed by atoms with Gasteiger partial charge in [0.1, 0.15) is 11.6 Å². The summed E-state index contributed by atoms with van der Waals surface area (Å²) in [4.78, 5) is 4.29. The molecular weight excluding hydrogens is 217 g/mol. The number of aromatic nitrogens is 1. The fraction of sp³-hybridized carbons (Fsp3) is 0.0769. The fourth-order valence-corrected chi connectivity index (χ4v) is 1.54. The van der Waals surface area contributed by atoms with E-state index in [0.717, 1.165) is 0 Å². The van der Waals surface area contributed by atoms with Crippen molar-refractivity contribution in [1.82, 2.24) is 4.98 Å². The number of benzene rings is 1. The predicted octanol–water partition coefficient (Wildman–Crippen LogP) is 2.80. The quantitative estimate of drug-likeness (QED) is 0.858. The second-order valence-electron chi connectivity index (χ2n) is 3.50. The van der Waals surface area contributed by atoms with Crippen molar-refractivity contribution in [2.75, 3.05) is 12.4 Å². The average Bonchev–Trinajstić information content (AvgIpc) is 2.38. The van der Waals surface area contributed by atoms with Crippen LogP contribution in [0.4, 0.5) is 10.2 Å². The van der Waals surface area contributed by atoms with Crippen LogP contribution < -0.4 is 5.32 Å². The average molecular weight is 227 g/mol. The van der Waals surface area contributed by atoms with Crippen LogP contribution in [0.2, 0.25) is 0 Å². The van der Waals surface area contributed by atoms with Crippen LogP contribution in [0.5, 0.6) is 0 Å². The summed E-state index contributed by atoms with van der Waals surface area (Å²) in [7, 11) is 1.76. The van der Waals surface area contributed by atoms with Crippen molar-refractivity contribution in [1.29, 1.82) is 5.26 Å². The molecule has 0 radical (unpaired) electrons. The van der Waals surface area contributed by atoms with Gasteiger partial charge in [0.2, 0.25) is 0 Å². The number of nitriles is 1. The van der Waals surface area contributed by atoms with Crippen molar-refractivity contribution >= 4 is 5.82 Å². The highest BCUT2D eigenvalue weighted by Crippen LogP contribution is 2.21. The SMILES string of the molecule is CNc1cccc(-c2cc(F)cc(C#N)c2)n1. The minimum atomic E-state index is -0.435. The highest BCUT2D eigenvalue weighted by molar-refractivity contribution is 5.63. The lowest BCUT2D eigenvalue weighted by molar-refractivity contribution is 0.628. The number of hydrogen-bond donors (Lipinski definition) is 1. The fourth-order valence-electron chi connectivity index (χ4n) is 1.54. The van der Waals surface area contributed by atoms with E-state index in [9.17, 15) is 4.39 Å². The Morgan fingerprint density at radius 2 is 2.12 bits per heavy atom. The standard InChI is InChI=1S/C13H10FN3/c1-16-13-4-2-3-12(17-13)10-5-9(8-15)6-11(14)7-10/h2-7H,1H3,(H,16,17). The zero-order valence-electron chi connectivity index (χ0n) is 9.24. The van der Waals surface area contributed by atoms with E-state index in [2.05, 4.69) is 10.3 Å². The summed E-state index contributed by atoms with van der Waals surface area (Å²) in [6.45, 7) is 0. The van der Waals surface area contributed by atoms with Gasteiger partial charge in [0.25, 0.3) is 0 Å². The van der Waals surface area contributed by atoms with Gasteiger partial charge in [-0.1, -0.05) is 6.07 Å². The molecule has 0 spiro atoms. The molecule has 0 aliphatic heterocycles. The van der Waals surface area contributed by atoms with Crippen molar-refractivity contribution in [3.05, 3.63) is 47.8 Å². The van der Waals surface area contributed by atoms with Gasteiger partial charge in [-0.3, -0.25) is 0 Å². The molecule has 0 bridgehead atoms. The third-order valence-corrected chi connectivity index (χ3v) is 2.33. The van der Waals surface area contributed by atoms with Crippen molar-refractivity contribution in [2.24, 2.45) is 0 Å². The lowest BCUT2D eigenvalue weighted by Crippen LogP contribution is -1.93. The summed E-state index contributed by atoms with van der Waals surface area (Å²) < 4.78 is 13.3. The lowest BCUT2D eigenvalue weighted by atomic mass is 10.1. The van der Waals surface area contributed by atoms with Crippen LogP contribution in [-0.2, 0) is 0 Å². The van der Waals surface area contributed by atoms with Crippen LogP contribution in [0, 0.1) is 17.1 Å². The maximum atomic E-state index is 13.3. The Bertz CT molecular complexity index is 587. The number of nitrogens with zero attached hydrogens (tertiary/aromatic N) is 2. The molecule has 1 heterocycles. The molecular formula is C13H10FN3. The van der Waals surface area contributed by atoms with Crippen molar-refractivity contribution in [3.8, 4) is 17.3 Å².